The van der Waals surface area contributed by atoms with Crippen LogP contribution in [0.4, 0.5) is 0 Å². The van der Waals surface area contributed by atoms with Crippen LogP contribution in [0, 0.1) is 0 Å². The average Bonchev–Trinajstić information content (AvgIpc) is 2.61. The van der Waals surface area contributed by atoms with E-state index in [1.807, 2.05) is 0 Å². The number of rotatable bonds is 3. The van der Waals surface area contributed by atoms with Crippen LogP contribution < -0.4 is 4.87 Å². The maximum atomic E-state index is 11.4. The van der Waals surface area contributed by atoms with Gasteiger partial charge in [-0.15, -0.1) is 0 Å². The molecule has 0 radical (unpaired) electrons. The molecule has 16 heavy (non-hydrogen) atoms. The van der Waals surface area contributed by atoms with Crippen molar-refractivity contribution in [2.75, 3.05) is 0 Å². The SMILES string of the molecule is O=C(O)Cn1c(-c2cccnc2)csc1=O. The molecule has 0 saturated carbocycles. The van der Waals surface area contributed by atoms with Crippen molar-refractivity contribution in [1.82, 2.24) is 9.55 Å². The van der Waals surface area contributed by atoms with Gasteiger partial charge in [-0.2, -0.15) is 0 Å². The number of carboxylic acid groups (broad SMARTS) is 1. The molecule has 0 fully saturated rings. The molecule has 0 aromatic carbocycles. The monoisotopic (exact) mass is 236 g/mol. The van der Waals surface area contributed by atoms with Gasteiger partial charge in [0.05, 0.1) is 5.69 Å². The van der Waals surface area contributed by atoms with Crippen LogP contribution >= 0.6 is 11.3 Å². The first-order valence-electron chi connectivity index (χ1n) is 4.49. The summed E-state index contributed by atoms with van der Waals surface area (Å²) in [6, 6.07) is 3.52. The van der Waals surface area contributed by atoms with E-state index >= 15 is 0 Å². The summed E-state index contributed by atoms with van der Waals surface area (Å²) < 4.78 is 1.23. The standard InChI is InChI=1S/C10H8N2O3S/c13-9(14)5-12-8(6-16-10(12)15)7-2-1-3-11-4-7/h1-4,6H,5H2,(H,13,14). The summed E-state index contributed by atoms with van der Waals surface area (Å²) in [4.78, 5) is 25.7. The molecule has 0 saturated heterocycles. The normalized spacial score (nSPS) is 10.2. The van der Waals surface area contributed by atoms with Gasteiger partial charge in [-0.25, -0.2) is 0 Å². The van der Waals surface area contributed by atoms with E-state index < -0.39 is 5.97 Å². The van der Waals surface area contributed by atoms with E-state index in [4.69, 9.17) is 5.11 Å². The summed E-state index contributed by atoms with van der Waals surface area (Å²) in [5, 5.41) is 10.4. The van der Waals surface area contributed by atoms with E-state index in [-0.39, 0.29) is 11.4 Å². The Morgan fingerprint density at radius 2 is 2.38 bits per heavy atom. The minimum atomic E-state index is -1.04. The molecule has 1 N–H and O–H groups in total. The number of carbonyl (C=O) groups is 1. The molecule has 2 aromatic rings. The van der Waals surface area contributed by atoms with Gasteiger partial charge in [0.1, 0.15) is 6.54 Å². The molecule has 0 aliphatic heterocycles. The van der Waals surface area contributed by atoms with Crippen LogP contribution in [0.1, 0.15) is 0 Å². The average molecular weight is 236 g/mol. The molecular formula is C10H8N2O3S. The van der Waals surface area contributed by atoms with Gasteiger partial charge in [-0.1, -0.05) is 11.3 Å². The molecule has 0 bridgehead atoms. The Morgan fingerprint density at radius 3 is 3.00 bits per heavy atom. The predicted molar refractivity (Wildman–Crippen MR) is 59.4 cm³/mol. The van der Waals surface area contributed by atoms with E-state index in [1.54, 1.807) is 29.9 Å². The van der Waals surface area contributed by atoms with Crippen LogP contribution in [-0.4, -0.2) is 20.6 Å². The van der Waals surface area contributed by atoms with Crippen LogP contribution in [0.15, 0.2) is 34.7 Å². The van der Waals surface area contributed by atoms with Crippen LogP contribution in [0.5, 0.6) is 0 Å². The fourth-order valence-corrected chi connectivity index (χ4v) is 2.12. The minimum Gasteiger partial charge on any atom is -0.480 e. The topological polar surface area (TPSA) is 72.2 Å². The first-order chi connectivity index (χ1) is 7.68. The van der Waals surface area contributed by atoms with Gasteiger partial charge in [-0.3, -0.25) is 19.1 Å². The van der Waals surface area contributed by atoms with Crippen LogP contribution in [0.25, 0.3) is 11.3 Å². The van der Waals surface area contributed by atoms with Crippen molar-refractivity contribution < 1.29 is 9.90 Å². The zero-order valence-electron chi connectivity index (χ0n) is 8.16. The highest BCUT2D eigenvalue weighted by atomic mass is 32.1. The fraction of sp³-hybridized carbons (Fsp3) is 0.100. The molecule has 5 nitrogen and oxygen atoms in total. The molecule has 2 heterocycles. The Kier molecular flexibility index (Phi) is 2.82. The summed E-state index contributed by atoms with van der Waals surface area (Å²) >= 11 is 0.984. The van der Waals surface area contributed by atoms with Gasteiger partial charge >= 0.3 is 10.8 Å². The van der Waals surface area contributed by atoms with E-state index in [0.29, 0.717) is 5.69 Å². The largest absolute Gasteiger partial charge is 0.480 e. The Labute approximate surface area is 94.6 Å². The first-order valence-corrected chi connectivity index (χ1v) is 5.37. The molecule has 0 aliphatic carbocycles. The van der Waals surface area contributed by atoms with Gasteiger partial charge in [0.25, 0.3) is 0 Å². The molecule has 2 aromatic heterocycles. The number of nitrogens with zero attached hydrogens (tertiary/aromatic N) is 2. The number of thiazole rings is 1. The highest BCUT2D eigenvalue weighted by Gasteiger charge is 2.11. The van der Waals surface area contributed by atoms with Crippen molar-refractivity contribution in [3.63, 3.8) is 0 Å². The lowest BCUT2D eigenvalue weighted by atomic mass is 10.2. The van der Waals surface area contributed by atoms with Gasteiger partial charge in [0.2, 0.25) is 0 Å². The number of aromatic nitrogens is 2. The van der Waals surface area contributed by atoms with E-state index in [0.717, 1.165) is 16.9 Å². The Bertz CT molecular complexity index is 559. The van der Waals surface area contributed by atoms with E-state index in [1.165, 1.54) is 4.57 Å². The lowest BCUT2D eigenvalue weighted by molar-refractivity contribution is -0.137. The van der Waals surface area contributed by atoms with Crippen molar-refractivity contribution in [3.8, 4) is 11.3 Å². The third-order valence-corrected chi connectivity index (χ3v) is 2.80. The molecule has 0 amide bonds. The van der Waals surface area contributed by atoms with Gasteiger partial charge in [0, 0.05) is 23.3 Å². The summed E-state index contributed by atoms with van der Waals surface area (Å²) in [6.07, 6.45) is 3.22. The Balaban J connectivity index is 2.50. The zero-order valence-corrected chi connectivity index (χ0v) is 8.98. The zero-order chi connectivity index (χ0) is 11.5. The lowest BCUT2D eigenvalue weighted by Gasteiger charge is -2.03. The molecule has 0 atom stereocenters. The minimum absolute atomic E-state index is 0.277. The molecule has 0 spiro atoms. The second-order valence-corrected chi connectivity index (χ2v) is 3.93. The Morgan fingerprint density at radius 1 is 1.56 bits per heavy atom. The molecule has 6 heteroatoms. The fourth-order valence-electron chi connectivity index (χ4n) is 1.35. The first kappa shape index (κ1) is 10.6. The van der Waals surface area contributed by atoms with Gasteiger partial charge in [0.15, 0.2) is 0 Å². The summed E-state index contributed by atoms with van der Waals surface area (Å²) in [5.41, 5.74) is 1.33. The predicted octanol–water partition coefficient (Wildman–Crippen LogP) is 1.06. The van der Waals surface area contributed by atoms with Crippen molar-refractivity contribution in [1.29, 1.82) is 0 Å². The second kappa shape index (κ2) is 4.28. The third-order valence-electron chi connectivity index (χ3n) is 2.03. The van der Waals surface area contributed by atoms with Crippen molar-refractivity contribution in [3.05, 3.63) is 39.6 Å². The summed E-state index contributed by atoms with van der Waals surface area (Å²) in [7, 11) is 0. The van der Waals surface area contributed by atoms with Gasteiger partial charge < -0.3 is 5.11 Å². The van der Waals surface area contributed by atoms with Crippen molar-refractivity contribution >= 4 is 17.3 Å². The molecule has 0 aliphatic rings. The number of pyridine rings is 1. The smallest absolute Gasteiger partial charge is 0.323 e. The highest BCUT2D eigenvalue weighted by molar-refractivity contribution is 7.07. The van der Waals surface area contributed by atoms with Crippen LogP contribution in [-0.2, 0) is 11.3 Å². The lowest BCUT2D eigenvalue weighted by Crippen LogP contribution is -2.19. The highest BCUT2D eigenvalue weighted by Crippen LogP contribution is 2.18. The second-order valence-electron chi connectivity index (χ2n) is 3.11. The number of carboxylic acids is 1. The van der Waals surface area contributed by atoms with E-state index in [9.17, 15) is 9.59 Å². The van der Waals surface area contributed by atoms with Gasteiger partial charge in [-0.05, 0) is 12.1 Å². The third kappa shape index (κ3) is 2.01. The molecular weight excluding hydrogens is 228 g/mol. The Hall–Kier alpha value is -1.95. The number of hydrogen-bond acceptors (Lipinski definition) is 4. The molecule has 0 unspecified atom stereocenters. The molecule has 82 valence electrons. The molecule has 2 rings (SSSR count). The summed E-state index contributed by atoms with van der Waals surface area (Å²) in [6.45, 7) is -0.327. The maximum Gasteiger partial charge on any atom is 0.323 e. The van der Waals surface area contributed by atoms with Crippen LogP contribution in [0.2, 0.25) is 0 Å². The summed E-state index contributed by atoms with van der Waals surface area (Å²) in [5.74, 6) is -1.04. The van der Waals surface area contributed by atoms with Crippen molar-refractivity contribution in [2.24, 2.45) is 0 Å². The maximum absolute atomic E-state index is 11.4. The van der Waals surface area contributed by atoms with Crippen molar-refractivity contribution in [2.45, 2.75) is 6.54 Å². The number of hydrogen-bond donors (Lipinski definition) is 1. The quantitative estimate of drug-likeness (QED) is 0.864. The van der Waals surface area contributed by atoms with Crippen LogP contribution in [0.3, 0.4) is 0 Å². The number of aliphatic carboxylic acids is 1. The van der Waals surface area contributed by atoms with E-state index in [2.05, 4.69) is 4.98 Å².